The van der Waals surface area contributed by atoms with Gasteiger partial charge in [-0.15, -0.1) is 35.3 Å². The molecular formula is C26H25Cl2N4O7S3+. The van der Waals surface area contributed by atoms with Gasteiger partial charge in [0.05, 0.1) is 10.8 Å². The zero-order valence-electron chi connectivity index (χ0n) is 22.0. The number of carbonyl (C=O) groups excluding carboxylic acids is 3. The smallest absolute Gasteiger partial charge is 0.352 e. The van der Waals surface area contributed by atoms with Gasteiger partial charge < -0.3 is 20.4 Å². The Morgan fingerprint density at radius 2 is 1.86 bits per heavy atom. The molecule has 16 heteroatoms. The van der Waals surface area contributed by atoms with Crippen molar-refractivity contribution in [1.29, 1.82) is 0 Å². The Kier molecular flexibility index (Phi) is 10.7. The molecule has 1 saturated heterocycles. The monoisotopic (exact) mass is 671 g/mol. The van der Waals surface area contributed by atoms with Crippen molar-refractivity contribution in [2.75, 3.05) is 30.9 Å². The van der Waals surface area contributed by atoms with E-state index in [0.29, 0.717) is 32.0 Å². The van der Waals surface area contributed by atoms with E-state index in [4.69, 9.17) is 28.3 Å². The number of halogens is 2. The second-order valence-electron chi connectivity index (χ2n) is 9.21. The number of pyridine rings is 1. The van der Waals surface area contributed by atoms with Gasteiger partial charge in [0.15, 0.2) is 12.4 Å². The number of likely N-dealkylation sites (N-methyl/N-ethyl adjacent to an activating group) is 1. The Labute approximate surface area is 263 Å². The van der Waals surface area contributed by atoms with Crippen LogP contribution < -0.4 is 9.88 Å². The summed E-state index contributed by atoms with van der Waals surface area (Å²) in [7, 11) is 1.42. The fraction of sp³-hybridized carbons (Fsp3) is 0.308. The van der Waals surface area contributed by atoms with Gasteiger partial charge in [0.1, 0.15) is 23.7 Å². The number of thioether (sulfide) groups is 3. The largest absolute Gasteiger partial charge is 0.480 e. The molecule has 3 amide bonds. The SMILES string of the molecule is CN(CC(=O)O)C(=O)C[n+]1ccc(SCC2=C(C(=O)O)N3C(=O)[C@H](NC(=O)CSc4cc(Cl)ccc4Cl)[C@H]3SC2)cc1. The molecule has 0 saturated carbocycles. The van der Waals surface area contributed by atoms with Gasteiger partial charge in [-0.25, -0.2) is 4.79 Å². The molecule has 0 aliphatic carbocycles. The van der Waals surface area contributed by atoms with Crippen molar-refractivity contribution in [3.05, 3.63) is 64.0 Å². The summed E-state index contributed by atoms with van der Waals surface area (Å²) in [5.41, 5.74) is 0.514. The summed E-state index contributed by atoms with van der Waals surface area (Å²) < 4.78 is 1.61. The van der Waals surface area contributed by atoms with Crippen molar-refractivity contribution in [2.24, 2.45) is 0 Å². The standard InChI is InChI=1S/C26H24Cl2N4O7S3/c1-30(10-21(35)36)20(34)9-31-6-4-16(5-7-31)40-11-14-12-42-25-22(24(37)32(25)23(14)26(38)39)29-19(33)13-41-18-8-15(27)2-3-17(18)28/h2-8,22,25H,9-13H2,1H3,(H2-,29,33,35,36,38,39)/p+1/t22-,25+/m0/s1. The highest BCUT2D eigenvalue weighted by Crippen LogP contribution is 2.41. The third kappa shape index (κ3) is 7.72. The lowest BCUT2D eigenvalue weighted by molar-refractivity contribution is -0.685. The van der Waals surface area contributed by atoms with Crippen molar-refractivity contribution in [1.82, 2.24) is 15.1 Å². The topological polar surface area (TPSA) is 148 Å². The number of rotatable bonds is 12. The highest BCUT2D eigenvalue weighted by Gasteiger charge is 2.54. The molecular weight excluding hydrogens is 647 g/mol. The maximum absolute atomic E-state index is 13.0. The van der Waals surface area contributed by atoms with E-state index in [1.54, 1.807) is 47.3 Å². The molecule has 0 spiro atoms. The zero-order chi connectivity index (χ0) is 30.6. The van der Waals surface area contributed by atoms with Crippen molar-refractivity contribution in [3.63, 3.8) is 0 Å². The molecule has 42 heavy (non-hydrogen) atoms. The van der Waals surface area contributed by atoms with E-state index in [1.807, 2.05) is 0 Å². The summed E-state index contributed by atoms with van der Waals surface area (Å²) in [6.07, 6.45) is 3.36. The number of hydrogen-bond donors (Lipinski definition) is 3. The number of hydrogen-bond acceptors (Lipinski definition) is 8. The van der Waals surface area contributed by atoms with Crippen molar-refractivity contribution in [2.45, 2.75) is 27.8 Å². The molecule has 0 bridgehead atoms. The van der Waals surface area contributed by atoms with Crippen molar-refractivity contribution >= 4 is 88.1 Å². The summed E-state index contributed by atoms with van der Waals surface area (Å²) in [6, 6.07) is 7.63. The third-order valence-corrected chi connectivity index (χ3v) is 10.4. The molecule has 0 unspecified atom stereocenters. The van der Waals surface area contributed by atoms with Crippen LogP contribution >= 0.6 is 58.5 Å². The molecule has 222 valence electrons. The number of fused-ring (bicyclic) bond motifs is 1. The second kappa shape index (κ2) is 14.0. The maximum atomic E-state index is 13.0. The summed E-state index contributed by atoms with van der Waals surface area (Å²) in [4.78, 5) is 64.4. The Morgan fingerprint density at radius 1 is 1.14 bits per heavy atom. The Morgan fingerprint density at radius 3 is 2.52 bits per heavy atom. The lowest BCUT2D eigenvalue weighted by Gasteiger charge is -2.49. The van der Waals surface area contributed by atoms with E-state index in [2.05, 4.69) is 5.32 Å². The summed E-state index contributed by atoms with van der Waals surface area (Å²) >= 11 is 16.1. The van der Waals surface area contributed by atoms with Crippen molar-refractivity contribution < 1.29 is 38.8 Å². The first-order chi connectivity index (χ1) is 19.9. The molecule has 1 fully saturated rings. The van der Waals surface area contributed by atoms with Gasteiger partial charge in [-0.3, -0.25) is 24.1 Å². The van der Waals surface area contributed by atoms with Crippen LogP contribution in [0.3, 0.4) is 0 Å². The van der Waals surface area contributed by atoms with Gasteiger partial charge in [0.25, 0.3) is 11.8 Å². The lowest BCUT2D eigenvalue weighted by Crippen LogP contribution is -2.70. The van der Waals surface area contributed by atoms with Crippen LogP contribution in [0.1, 0.15) is 0 Å². The highest BCUT2D eigenvalue weighted by atomic mass is 35.5. The number of carboxylic acid groups (broad SMARTS) is 2. The highest BCUT2D eigenvalue weighted by molar-refractivity contribution is 8.01. The van der Waals surface area contributed by atoms with Gasteiger partial charge in [-0.2, -0.15) is 4.57 Å². The minimum absolute atomic E-state index is 0.00895. The summed E-state index contributed by atoms with van der Waals surface area (Å²) in [5.74, 6) is -2.82. The normalized spacial score (nSPS) is 17.8. The number of aliphatic carboxylic acids is 2. The van der Waals surface area contributed by atoms with E-state index in [0.717, 1.165) is 9.80 Å². The minimum atomic E-state index is -1.21. The molecule has 4 rings (SSSR count). The quantitative estimate of drug-likeness (QED) is 0.175. The van der Waals surface area contributed by atoms with Gasteiger partial charge in [0.2, 0.25) is 12.5 Å². The fourth-order valence-corrected chi connectivity index (χ4v) is 7.80. The number of benzene rings is 1. The van der Waals surface area contributed by atoms with Crippen LogP contribution in [-0.4, -0.2) is 91.9 Å². The second-order valence-corrected chi connectivity index (χ2v) is 13.2. The Hall–Kier alpha value is -2.91. The van der Waals surface area contributed by atoms with E-state index in [9.17, 15) is 29.1 Å². The molecule has 0 radical (unpaired) electrons. The number of aromatic nitrogens is 1. The minimum Gasteiger partial charge on any atom is -0.480 e. The van der Waals surface area contributed by atoms with Crippen LogP contribution in [0.4, 0.5) is 0 Å². The zero-order valence-corrected chi connectivity index (χ0v) is 26.0. The summed E-state index contributed by atoms with van der Waals surface area (Å²) in [6.45, 7) is -0.416. The average Bonchev–Trinajstić information content (AvgIpc) is 2.94. The lowest BCUT2D eigenvalue weighted by atomic mass is 10.0. The first-order valence-corrected chi connectivity index (χ1v) is 16.1. The van der Waals surface area contributed by atoms with Gasteiger partial charge >= 0.3 is 11.9 Å². The molecule has 2 aliphatic rings. The van der Waals surface area contributed by atoms with E-state index >= 15 is 0 Å². The number of amides is 3. The van der Waals surface area contributed by atoms with Gasteiger partial charge in [-0.1, -0.05) is 23.2 Å². The number of carbonyl (C=O) groups is 5. The first-order valence-electron chi connectivity index (χ1n) is 12.3. The predicted octanol–water partition coefficient (Wildman–Crippen LogP) is 2.45. The molecule has 11 nitrogen and oxygen atoms in total. The molecule has 2 aromatic rings. The Balaban J connectivity index is 1.33. The van der Waals surface area contributed by atoms with Crippen LogP contribution in [0.15, 0.2) is 63.8 Å². The number of β-lactam (4-membered cyclic amide) rings is 1. The van der Waals surface area contributed by atoms with Crippen LogP contribution in [0.25, 0.3) is 0 Å². The van der Waals surface area contributed by atoms with E-state index in [1.165, 1.54) is 47.2 Å². The van der Waals surface area contributed by atoms with Crippen LogP contribution in [0, 0.1) is 0 Å². The fourth-order valence-electron chi connectivity index (χ4n) is 4.12. The molecule has 2 aliphatic heterocycles. The first kappa shape index (κ1) is 32.0. The van der Waals surface area contributed by atoms with E-state index < -0.39 is 35.8 Å². The number of nitrogens with zero attached hydrogens (tertiary/aromatic N) is 3. The van der Waals surface area contributed by atoms with Crippen LogP contribution in [0.2, 0.25) is 10.0 Å². The maximum Gasteiger partial charge on any atom is 0.352 e. The molecule has 1 aromatic carbocycles. The van der Waals surface area contributed by atoms with Gasteiger partial charge in [-0.05, 0) is 23.8 Å². The van der Waals surface area contributed by atoms with Crippen molar-refractivity contribution in [3.8, 4) is 0 Å². The molecule has 2 atom stereocenters. The average molecular weight is 673 g/mol. The van der Waals surface area contributed by atoms with Gasteiger partial charge in [0, 0.05) is 45.5 Å². The summed E-state index contributed by atoms with van der Waals surface area (Å²) in [5, 5.41) is 21.9. The Bertz CT molecular complexity index is 1460. The molecule has 3 heterocycles. The third-order valence-electron chi connectivity index (χ3n) is 6.21. The number of nitrogens with one attached hydrogen (secondary N) is 1. The number of carboxylic acids is 2. The van der Waals surface area contributed by atoms with Crippen LogP contribution in [0.5, 0.6) is 0 Å². The van der Waals surface area contributed by atoms with Crippen LogP contribution in [-0.2, 0) is 30.5 Å². The predicted molar refractivity (Wildman–Crippen MR) is 160 cm³/mol. The molecule has 1 aromatic heterocycles. The van der Waals surface area contributed by atoms with E-state index in [-0.39, 0.29) is 29.8 Å². The molecule has 3 N–H and O–H groups in total.